The van der Waals surface area contributed by atoms with Gasteiger partial charge in [-0.2, -0.15) is 0 Å². The number of hydrogen-bond donors (Lipinski definition) is 1. The number of rotatable bonds is 3. The van der Waals surface area contributed by atoms with E-state index in [-0.39, 0.29) is 17.9 Å². The summed E-state index contributed by atoms with van der Waals surface area (Å²) in [7, 11) is 0. The average molecular weight is 210 g/mol. The molecule has 80 valence electrons. The van der Waals surface area contributed by atoms with Gasteiger partial charge in [0.1, 0.15) is 18.6 Å². The smallest absolute Gasteiger partial charge is 0.333 e. The van der Waals surface area contributed by atoms with Crippen molar-refractivity contribution >= 4 is 5.97 Å². The van der Waals surface area contributed by atoms with Gasteiger partial charge in [-0.05, 0) is 6.92 Å². The van der Waals surface area contributed by atoms with E-state index >= 15 is 0 Å². The molecule has 0 aliphatic heterocycles. The molecule has 1 N–H and O–H groups in total. The maximum atomic E-state index is 11.0. The van der Waals surface area contributed by atoms with Crippen LogP contribution in [0.4, 0.5) is 0 Å². The van der Waals surface area contributed by atoms with Crippen molar-refractivity contribution in [2.45, 2.75) is 13.5 Å². The van der Waals surface area contributed by atoms with Gasteiger partial charge in [0.2, 0.25) is 5.43 Å². The zero-order valence-corrected chi connectivity index (χ0v) is 8.15. The zero-order valence-electron chi connectivity index (χ0n) is 8.15. The van der Waals surface area contributed by atoms with Gasteiger partial charge < -0.3 is 14.3 Å². The Labute approximate surface area is 85.6 Å². The Bertz CT molecular complexity index is 443. The summed E-state index contributed by atoms with van der Waals surface area (Å²) in [5, 5.41) is 8.88. The molecule has 5 nitrogen and oxygen atoms in total. The van der Waals surface area contributed by atoms with Crippen LogP contribution in [0.15, 0.2) is 33.7 Å². The van der Waals surface area contributed by atoms with Crippen LogP contribution in [0.3, 0.4) is 0 Å². The summed E-state index contributed by atoms with van der Waals surface area (Å²) < 4.78 is 9.54. The van der Waals surface area contributed by atoms with Crippen molar-refractivity contribution in [3.63, 3.8) is 0 Å². The predicted molar refractivity (Wildman–Crippen MR) is 51.3 cm³/mol. The Morgan fingerprint density at radius 1 is 1.67 bits per heavy atom. The second-order valence-electron chi connectivity index (χ2n) is 2.95. The summed E-state index contributed by atoms with van der Waals surface area (Å²) in [6.45, 7) is 4.74. The van der Waals surface area contributed by atoms with Crippen molar-refractivity contribution in [3.05, 3.63) is 40.5 Å². The third-order valence-electron chi connectivity index (χ3n) is 1.56. The molecular formula is C10H10O5. The van der Waals surface area contributed by atoms with Crippen LogP contribution in [-0.2, 0) is 16.1 Å². The van der Waals surface area contributed by atoms with E-state index in [1.165, 1.54) is 6.92 Å². The Morgan fingerprint density at radius 2 is 2.33 bits per heavy atom. The van der Waals surface area contributed by atoms with Crippen molar-refractivity contribution in [1.82, 2.24) is 0 Å². The summed E-state index contributed by atoms with van der Waals surface area (Å²) >= 11 is 0. The SMILES string of the molecule is C=C(C)C(=O)OCc1cc(=O)c(O)co1. The quantitative estimate of drug-likeness (QED) is 0.594. The lowest BCUT2D eigenvalue weighted by atomic mass is 10.3. The molecule has 0 aliphatic carbocycles. The zero-order chi connectivity index (χ0) is 11.4. The molecule has 15 heavy (non-hydrogen) atoms. The largest absolute Gasteiger partial charge is 0.502 e. The van der Waals surface area contributed by atoms with E-state index in [0.29, 0.717) is 0 Å². The van der Waals surface area contributed by atoms with Crippen molar-refractivity contribution in [1.29, 1.82) is 0 Å². The van der Waals surface area contributed by atoms with Crippen LogP contribution < -0.4 is 5.43 Å². The van der Waals surface area contributed by atoms with Crippen molar-refractivity contribution in [2.75, 3.05) is 0 Å². The maximum Gasteiger partial charge on any atom is 0.333 e. The van der Waals surface area contributed by atoms with Crippen LogP contribution in [-0.4, -0.2) is 11.1 Å². The monoisotopic (exact) mass is 210 g/mol. The third kappa shape index (κ3) is 2.98. The molecule has 0 saturated carbocycles. The molecular weight excluding hydrogens is 200 g/mol. The van der Waals surface area contributed by atoms with Gasteiger partial charge in [-0.25, -0.2) is 4.79 Å². The summed E-state index contributed by atoms with van der Waals surface area (Å²) in [4.78, 5) is 21.9. The molecule has 0 saturated heterocycles. The highest BCUT2D eigenvalue weighted by Crippen LogP contribution is 2.05. The molecule has 0 aromatic carbocycles. The van der Waals surface area contributed by atoms with E-state index in [1.807, 2.05) is 0 Å². The first-order chi connectivity index (χ1) is 7.00. The predicted octanol–water partition coefficient (Wildman–Crippen LogP) is 0.965. The highest BCUT2D eigenvalue weighted by molar-refractivity contribution is 5.86. The highest BCUT2D eigenvalue weighted by atomic mass is 16.5. The van der Waals surface area contributed by atoms with Crippen molar-refractivity contribution in [2.24, 2.45) is 0 Å². The molecule has 5 heteroatoms. The molecule has 0 radical (unpaired) electrons. The molecule has 0 aliphatic rings. The number of hydrogen-bond acceptors (Lipinski definition) is 5. The van der Waals surface area contributed by atoms with Gasteiger partial charge >= 0.3 is 5.97 Å². The standard InChI is InChI=1S/C10H10O5/c1-6(2)10(13)15-4-7-3-8(11)9(12)5-14-7/h3,5,12H,1,4H2,2H3. The first-order valence-corrected chi connectivity index (χ1v) is 4.14. The number of carbonyl (C=O) groups excluding carboxylic acids is 1. The van der Waals surface area contributed by atoms with Gasteiger partial charge in [0, 0.05) is 11.6 Å². The maximum absolute atomic E-state index is 11.0. The van der Waals surface area contributed by atoms with Crippen LogP contribution in [0, 0.1) is 0 Å². The second kappa shape index (κ2) is 4.45. The molecule has 0 bridgehead atoms. The van der Waals surface area contributed by atoms with E-state index in [9.17, 15) is 9.59 Å². The normalized spacial score (nSPS) is 9.67. The fraction of sp³-hybridized carbons (Fsp3) is 0.200. The van der Waals surface area contributed by atoms with Gasteiger partial charge in [0.15, 0.2) is 5.75 Å². The first-order valence-electron chi connectivity index (χ1n) is 4.14. The first kappa shape index (κ1) is 11.0. The summed E-state index contributed by atoms with van der Waals surface area (Å²) in [5.41, 5.74) is -0.321. The van der Waals surface area contributed by atoms with Crippen LogP contribution in [0.25, 0.3) is 0 Å². The Balaban J connectivity index is 2.67. The van der Waals surface area contributed by atoms with Gasteiger partial charge in [-0.15, -0.1) is 0 Å². The van der Waals surface area contributed by atoms with E-state index in [0.717, 1.165) is 12.3 Å². The number of esters is 1. The Morgan fingerprint density at radius 3 is 2.87 bits per heavy atom. The van der Waals surface area contributed by atoms with E-state index < -0.39 is 17.1 Å². The molecule has 0 spiro atoms. The van der Waals surface area contributed by atoms with Crippen molar-refractivity contribution < 1.29 is 19.1 Å². The Kier molecular flexibility index (Phi) is 3.28. The molecule has 0 atom stereocenters. The molecule has 0 fully saturated rings. The summed E-state index contributed by atoms with van der Waals surface area (Å²) in [6, 6.07) is 1.06. The molecule has 0 unspecified atom stereocenters. The minimum atomic E-state index is -0.581. The number of ether oxygens (including phenoxy) is 1. The molecule has 1 aromatic rings. The van der Waals surface area contributed by atoms with E-state index in [2.05, 4.69) is 6.58 Å². The van der Waals surface area contributed by atoms with Crippen LogP contribution in [0.2, 0.25) is 0 Å². The third-order valence-corrected chi connectivity index (χ3v) is 1.56. The highest BCUT2D eigenvalue weighted by Gasteiger charge is 2.06. The molecule has 1 aromatic heterocycles. The summed E-state index contributed by atoms with van der Waals surface area (Å²) in [6.07, 6.45) is 0.895. The van der Waals surface area contributed by atoms with E-state index in [4.69, 9.17) is 14.3 Å². The number of carbonyl (C=O) groups is 1. The van der Waals surface area contributed by atoms with Crippen LogP contribution >= 0.6 is 0 Å². The minimum Gasteiger partial charge on any atom is -0.502 e. The summed E-state index contributed by atoms with van der Waals surface area (Å²) in [5.74, 6) is -0.886. The average Bonchev–Trinajstić information content (AvgIpc) is 2.19. The van der Waals surface area contributed by atoms with E-state index in [1.54, 1.807) is 0 Å². The molecule has 1 rings (SSSR count). The second-order valence-corrected chi connectivity index (χ2v) is 2.95. The van der Waals surface area contributed by atoms with Gasteiger partial charge in [-0.3, -0.25) is 4.79 Å². The van der Waals surface area contributed by atoms with Crippen molar-refractivity contribution in [3.8, 4) is 5.75 Å². The van der Waals surface area contributed by atoms with Gasteiger partial charge in [0.25, 0.3) is 0 Å². The van der Waals surface area contributed by atoms with Crippen LogP contribution in [0.5, 0.6) is 5.75 Å². The van der Waals surface area contributed by atoms with Gasteiger partial charge in [-0.1, -0.05) is 6.58 Å². The van der Waals surface area contributed by atoms with Gasteiger partial charge in [0.05, 0.1) is 0 Å². The Hall–Kier alpha value is -2.04. The number of aromatic hydroxyl groups is 1. The lowest BCUT2D eigenvalue weighted by molar-refractivity contribution is -0.140. The molecule has 1 heterocycles. The fourth-order valence-electron chi connectivity index (χ4n) is 0.779. The van der Waals surface area contributed by atoms with Crippen LogP contribution in [0.1, 0.15) is 12.7 Å². The lowest BCUT2D eigenvalue weighted by Crippen LogP contribution is -2.07. The lowest BCUT2D eigenvalue weighted by Gasteiger charge is -2.02. The molecule has 0 amide bonds. The topological polar surface area (TPSA) is 76.7 Å². The fourth-order valence-corrected chi connectivity index (χ4v) is 0.779. The minimum absolute atomic E-state index is 0.160.